The summed E-state index contributed by atoms with van der Waals surface area (Å²) in [6.45, 7) is 0. The van der Waals surface area contributed by atoms with E-state index >= 15 is 0 Å². The molecule has 0 saturated carbocycles. The van der Waals surface area contributed by atoms with E-state index in [-0.39, 0.29) is 15.8 Å². The van der Waals surface area contributed by atoms with Crippen molar-refractivity contribution in [3.8, 4) is 0 Å². The van der Waals surface area contributed by atoms with Crippen molar-refractivity contribution in [3.05, 3.63) is 20.7 Å². The fourth-order valence-corrected chi connectivity index (χ4v) is 3.17. The van der Waals surface area contributed by atoms with E-state index in [2.05, 4.69) is 17.0 Å². The molecule has 0 radical (unpaired) electrons. The summed E-state index contributed by atoms with van der Waals surface area (Å²) in [5.74, 6) is 0. The van der Waals surface area contributed by atoms with Crippen LogP contribution in [0.1, 0.15) is 0 Å². The van der Waals surface area contributed by atoms with Crippen molar-refractivity contribution in [2.45, 2.75) is 0 Å². The molecule has 3 heteroatoms. The van der Waals surface area contributed by atoms with Crippen LogP contribution in [-0.2, 0) is 0 Å². The molecule has 0 aliphatic carbocycles. The molecule has 0 spiro atoms. The van der Waals surface area contributed by atoms with Gasteiger partial charge in [-0.25, -0.2) is 0 Å². The van der Waals surface area contributed by atoms with Crippen molar-refractivity contribution in [2.24, 2.45) is 0 Å². The molecule has 1 rings (SSSR count). The second kappa shape index (κ2) is 2.86. The van der Waals surface area contributed by atoms with E-state index in [1.807, 2.05) is 0 Å². The summed E-state index contributed by atoms with van der Waals surface area (Å²) in [4.78, 5) is 2.21. The van der Waals surface area contributed by atoms with E-state index < -0.39 is 0 Å². The van der Waals surface area contributed by atoms with Crippen LogP contribution in [0.5, 0.6) is 0 Å². The third-order valence-electron chi connectivity index (χ3n) is 0.653. The predicted molar refractivity (Wildman–Crippen MR) is 37.8 cm³/mol. The number of allylic oxidation sites excluding steroid dienone is 2. The first-order chi connectivity index (χ1) is 3.43. The van der Waals surface area contributed by atoms with Crippen LogP contribution >= 0.6 is 21.7 Å². The molecule has 0 nitrogen and oxygen atoms in total. The van der Waals surface area contributed by atoms with Gasteiger partial charge in [-0.05, 0) is 0 Å². The Kier molecular flexibility index (Phi) is 2.37. The number of hydrogen-bond acceptors (Lipinski definition) is 1. The van der Waals surface area contributed by atoms with Crippen LogP contribution in [-0.4, -0.2) is 15.8 Å². The maximum atomic E-state index is 5.45. The van der Waals surface area contributed by atoms with Gasteiger partial charge in [0, 0.05) is 0 Å². The van der Waals surface area contributed by atoms with Crippen molar-refractivity contribution >= 4 is 37.4 Å². The maximum absolute atomic E-state index is 5.45. The zero-order valence-electron chi connectivity index (χ0n) is 3.52. The van der Waals surface area contributed by atoms with Gasteiger partial charge in [0.25, 0.3) is 0 Å². The SMILES string of the molecule is ClSC1=CC=C[AsH]1. The number of rotatable bonds is 1. The minimum atomic E-state index is 0.0741. The summed E-state index contributed by atoms with van der Waals surface area (Å²) < 4.78 is 1.36. The predicted octanol–water partition coefficient (Wildman–Crippen LogP) is 1.68. The van der Waals surface area contributed by atoms with Crippen LogP contribution in [0.15, 0.2) is 20.7 Å². The van der Waals surface area contributed by atoms with E-state index in [0.29, 0.717) is 0 Å². The summed E-state index contributed by atoms with van der Waals surface area (Å²) in [5, 5.41) is 0. The van der Waals surface area contributed by atoms with Gasteiger partial charge in [0.15, 0.2) is 0 Å². The second-order valence-electron chi connectivity index (χ2n) is 1.11. The van der Waals surface area contributed by atoms with Gasteiger partial charge in [-0.1, -0.05) is 0 Å². The Balaban J connectivity index is 2.45. The molecule has 0 amide bonds. The third-order valence-corrected chi connectivity index (χ3v) is 5.22. The molecule has 7 heavy (non-hydrogen) atoms. The van der Waals surface area contributed by atoms with Crippen LogP contribution in [0.3, 0.4) is 0 Å². The van der Waals surface area contributed by atoms with E-state index in [4.69, 9.17) is 10.7 Å². The molecule has 0 saturated heterocycles. The van der Waals surface area contributed by atoms with Gasteiger partial charge in [-0.15, -0.1) is 0 Å². The number of halogens is 1. The summed E-state index contributed by atoms with van der Waals surface area (Å²) in [6, 6.07) is 0. The molecular weight excluding hydrogens is 190 g/mol. The molecule has 1 atom stereocenters. The molecule has 0 fully saturated rings. The zero-order chi connectivity index (χ0) is 5.11. The van der Waals surface area contributed by atoms with E-state index in [9.17, 15) is 0 Å². The van der Waals surface area contributed by atoms with E-state index in [0.717, 1.165) is 0 Å². The summed E-state index contributed by atoms with van der Waals surface area (Å²) in [7, 11) is 6.81. The van der Waals surface area contributed by atoms with E-state index in [1.54, 1.807) is 0 Å². The van der Waals surface area contributed by atoms with Gasteiger partial charge in [0.05, 0.1) is 0 Å². The van der Waals surface area contributed by atoms with Crippen LogP contribution in [0, 0.1) is 0 Å². The van der Waals surface area contributed by atoms with Gasteiger partial charge in [-0.2, -0.15) is 0 Å². The molecule has 1 aliphatic heterocycles. The van der Waals surface area contributed by atoms with Gasteiger partial charge >= 0.3 is 58.1 Å². The Morgan fingerprint density at radius 2 is 2.57 bits per heavy atom. The summed E-state index contributed by atoms with van der Waals surface area (Å²) in [6.07, 6.45) is 4.16. The normalized spacial score (nSPS) is 21.0. The summed E-state index contributed by atoms with van der Waals surface area (Å²) >= 11 is 0.0741. The monoisotopic (exact) mass is 194 g/mol. The molecule has 0 N–H and O–H groups in total. The Labute approximate surface area is 58.2 Å². The van der Waals surface area contributed by atoms with Gasteiger partial charge in [-0.3, -0.25) is 0 Å². The molecule has 1 aliphatic rings. The Bertz CT molecular complexity index is 119. The first-order valence-electron chi connectivity index (χ1n) is 1.85. The first-order valence-corrected chi connectivity index (χ1v) is 5.76. The Morgan fingerprint density at radius 1 is 1.71 bits per heavy atom. The quantitative estimate of drug-likeness (QED) is 0.573. The van der Waals surface area contributed by atoms with Gasteiger partial charge < -0.3 is 0 Å². The van der Waals surface area contributed by atoms with Crippen LogP contribution < -0.4 is 0 Å². The molecule has 0 aromatic heterocycles. The molecule has 0 aromatic rings. The van der Waals surface area contributed by atoms with Gasteiger partial charge in [0.2, 0.25) is 0 Å². The first kappa shape index (κ1) is 5.81. The molecule has 0 aromatic carbocycles. The second-order valence-corrected chi connectivity index (χ2v) is 5.36. The van der Waals surface area contributed by atoms with Crippen LogP contribution in [0.4, 0.5) is 0 Å². The Hall–Kier alpha value is 0.678. The average Bonchev–Trinajstić information content (AvgIpc) is 2.14. The van der Waals surface area contributed by atoms with Crippen molar-refractivity contribution in [1.82, 2.24) is 0 Å². The average molecular weight is 195 g/mol. The topological polar surface area (TPSA) is 0 Å². The minimum absolute atomic E-state index is 0.0741. The van der Waals surface area contributed by atoms with Crippen molar-refractivity contribution in [2.75, 3.05) is 0 Å². The van der Waals surface area contributed by atoms with Crippen molar-refractivity contribution in [3.63, 3.8) is 0 Å². The molecule has 1 unspecified atom stereocenters. The molecule has 0 bridgehead atoms. The standard InChI is InChI=1S/C4H4AsClS/c6-7-4-2-1-3-5-4/h1-3,5H. The summed E-state index contributed by atoms with van der Waals surface area (Å²) in [5.41, 5.74) is 0. The fraction of sp³-hybridized carbons (Fsp3) is 0. The van der Waals surface area contributed by atoms with Crippen molar-refractivity contribution in [1.29, 1.82) is 0 Å². The van der Waals surface area contributed by atoms with Crippen LogP contribution in [0.25, 0.3) is 0 Å². The van der Waals surface area contributed by atoms with Crippen molar-refractivity contribution < 1.29 is 0 Å². The Morgan fingerprint density at radius 3 is 2.86 bits per heavy atom. The fourth-order valence-electron chi connectivity index (χ4n) is 0.362. The molecule has 38 valence electrons. The van der Waals surface area contributed by atoms with Gasteiger partial charge in [0.1, 0.15) is 0 Å². The van der Waals surface area contributed by atoms with Crippen LogP contribution in [0.2, 0.25) is 0 Å². The van der Waals surface area contributed by atoms with E-state index in [1.165, 1.54) is 14.7 Å². The molecule has 1 heterocycles. The zero-order valence-corrected chi connectivity index (χ0v) is 7.19. The third kappa shape index (κ3) is 1.56. The molecular formula is C4H4AsClS. The number of hydrogen-bond donors (Lipinski definition) is 0.